The molecule has 1 aromatic carbocycles. The number of nitrogens with zero attached hydrogens (tertiary/aromatic N) is 1. The fourth-order valence-electron chi connectivity index (χ4n) is 2.62. The van der Waals surface area contributed by atoms with Gasteiger partial charge < -0.3 is 14.3 Å². The number of thiocarbonyl (C=S) groups is 1. The summed E-state index contributed by atoms with van der Waals surface area (Å²) in [5, 5.41) is 9.14. The summed E-state index contributed by atoms with van der Waals surface area (Å²) in [7, 11) is 0. The van der Waals surface area contributed by atoms with Crippen molar-refractivity contribution in [2.75, 3.05) is 6.61 Å². The van der Waals surface area contributed by atoms with Crippen molar-refractivity contribution in [1.82, 2.24) is 4.90 Å². The molecule has 1 fully saturated rings. The van der Waals surface area contributed by atoms with Gasteiger partial charge in [-0.05, 0) is 38.1 Å². The Bertz CT molecular complexity index is 1010. The molecule has 150 valence electrons. The average Bonchev–Trinajstić information content (AvgIpc) is 3.26. The number of benzene rings is 1. The molecule has 2 heterocycles. The fourth-order valence-corrected chi connectivity index (χ4v) is 4.02. The van der Waals surface area contributed by atoms with Gasteiger partial charge in [0.25, 0.3) is 5.91 Å². The monoisotopic (exact) mass is 431 g/mol. The molecule has 1 aliphatic heterocycles. The van der Waals surface area contributed by atoms with Gasteiger partial charge in [0.2, 0.25) is 0 Å². The van der Waals surface area contributed by atoms with Crippen LogP contribution >= 0.6 is 24.0 Å². The maximum Gasteiger partial charge on any atom is 0.338 e. The number of esters is 1. The summed E-state index contributed by atoms with van der Waals surface area (Å²) in [5.41, 5.74) is 1.20. The number of furan rings is 1. The van der Waals surface area contributed by atoms with Gasteiger partial charge >= 0.3 is 11.9 Å². The zero-order chi connectivity index (χ0) is 21.1. The number of hydrogen-bond acceptors (Lipinski definition) is 7. The largest absolute Gasteiger partial charge is 0.480 e. The van der Waals surface area contributed by atoms with Gasteiger partial charge in [-0.2, -0.15) is 0 Å². The van der Waals surface area contributed by atoms with Gasteiger partial charge in [-0.1, -0.05) is 36.1 Å². The summed E-state index contributed by atoms with van der Waals surface area (Å²) >= 11 is 6.17. The quantitative estimate of drug-likeness (QED) is 0.419. The molecule has 0 saturated carbocycles. The van der Waals surface area contributed by atoms with E-state index in [1.165, 1.54) is 13.0 Å². The van der Waals surface area contributed by atoms with Crippen LogP contribution in [0.3, 0.4) is 0 Å². The van der Waals surface area contributed by atoms with Crippen LogP contribution in [-0.4, -0.2) is 44.8 Å². The summed E-state index contributed by atoms with van der Waals surface area (Å²) in [4.78, 5) is 36.8. The van der Waals surface area contributed by atoms with Crippen LogP contribution in [-0.2, 0) is 14.3 Å². The molecule has 1 atom stereocenters. The first-order valence-corrected chi connectivity index (χ1v) is 9.91. The molecule has 0 bridgehead atoms. The normalized spacial score (nSPS) is 16.3. The molecule has 29 heavy (non-hydrogen) atoms. The van der Waals surface area contributed by atoms with Crippen molar-refractivity contribution in [2.45, 2.75) is 19.9 Å². The minimum Gasteiger partial charge on any atom is -0.480 e. The summed E-state index contributed by atoms with van der Waals surface area (Å²) in [6.07, 6.45) is 1.53. The highest BCUT2D eigenvalue weighted by molar-refractivity contribution is 8.26. The molecule has 1 saturated heterocycles. The van der Waals surface area contributed by atoms with Crippen LogP contribution in [0.2, 0.25) is 0 Å². The second kappa shape index (κ2) is 8.62. The van der Waals surface area contributed by atoms with Crippen LogP contribution in [0.25, 0.3) is 17.4 Å². The van der Waals surface area contributed by atoms with E-state index in [2.05, 4.69) is 0 Å². The van der Waals surface area contributed by atoms with Gasteiger partial charge in [0.1, 0.15) is 21.9 Å². The zero-order valence-corrected chi connectivity index (χ0v) is 17.2. The fraction of sp³-hybridized carbons (Fsp3) is 0.200. The average molecular weight is 431 g/mol. The maximum atomic E-state index is 12.5. The number of carboxylic acids is 1. The highest BCUT2D eigenvalue weighted by Crippen LogP contribution is 2.35. The molecule has 0 aliphatic carbocycles. The van der Waals surface area contributed by atoms with E-state index in [4.69, 9.17) is 26.5 Å². The van der Waals surface area contributed by atoms with Gasteiger partial charge in [0.15, 0.2) is 0 Å². The number of carbonyl (C=O) groups excluding carboxylic acids is 2. The van der Waals surface area contributed by atoms with Crippen LogP contribution in [0.15, 0.2) is 45.7 Å². The Labute approximate surface area is 176 Å². The van der Waals surface area contributed by atoms with E-state index in [9.17, 15) is 14.4 Å². The molecule has 1 N–H and O–H groups in total. The molecule has 1 unspecified atom stereocenters. The first-order valence-electron chi connectivity index (χ1n) is 8.69. The van der Waals surface area contributed by atoms with E-state index in [1.807, 2.05) is 0 Å². The second-order valence-corrected chi connectivity index (χ2v) is 7.74. The van der Waals surface area contributed by atoms with Crippen molar-refractivity contribution in [3.05, 3.63) is 52.6 Å². The number of amides is 1. The molecule has 1 aliphatic rings. The summed E-state index contributed by atoms with van der Waals surface area (Å²) in [5.74, 6) is -1.00. The standard InChI is InChI=1S/C20H17NO6S2/c1-3-26-19(25)13-6-4-12(5-7-13)15-9-8-14(27-15)10-16-17(22)21(20(28)29-16)11(2)18(23)24/h4-11H,3H2,1-2H3,(H,23,24)/b16-10-. The molecular weight excluding hydrogens is 414 g/mol. The predicted molar refractivity (Wildman–Crippen MR) is 112 cm³/mol. The maximum absolute atomic E-state index is 12.5. The summed E-state index contributed by atoms with van der Waals surface area (Å²) in [6, 6.07) is 9.17. The van der Waals surface area contributed by atoms with E-state index in [0.29, 0.717) is 28.6 Å². The van der Waals surface area contributed by atoms with Gasteiger partial charge in [-0.25, -0.2) is 9.59 Å². The van der Waals surface area contributed by atoms with Crippen LogP contribution in [0.1, 0.15) is 30.0 Å². The minimum absolute atomic E-state index is 0.192. The molecule has 1 aromatic heterocycles. The smallest absolute Gasteiger partial charge is 0.338 e. The van der Waals surface area contributed by atoms with Crippen LogP contribution in [0.5, 0.6) is 0 Å². The van der Waals surface area contributed by atoms with Crippen LogP contribution < -0.4 is 0 Å². The molecule has 2 aromatic rings. The first kappa shape index (κ1) is 20.8. The second-order valence-electron chi connectivity index (χ2n) is 6.07. The van der Waals surface area contributed by atoms with E-state index < -0.39 is 23.9 Å². The van der Waals surface area contributed by atoms with Crippen molar-refractivity contribution < 1.29 is 28.6 Å². The predicted octanol–water partition coefficient (Wildman–Crippen LogP) is 3.80. The highest BCUT2D eigenvalue weighted by Gasteiger charge is 2.38. The van der Waals surface area contributed by atoms with Crippen molar-refractivity contribution in [3.63, 3.8) is 0 Å². The van der Waals surface area contributed by atoms with E-state index in [1.54, 1.807) is 43.3 Å². The molecule has 0 radical (unpaired) electrons. The molecular formula is C20H17NO6S2. The van der Waals surface area contributed by atoms with Crippen molar-refractivity contribution >= 4 is 52.2 Å². The van der Waals surface area contributed by atoms with Gasteiger partial charge in [-0.15, -0.1) is 0 Å². The Morgan fingerprint density at radius 1 is 1.28 bits per heavy atom. The van der Waals surface area contributed by atoms with E-state index >= 15 is 0 Å². The number of rotatable bonds is 6. The molecule has 3 rings (SSSR count). The Morgan fingerprint density at radius 3 is 2.59 bits per heavy atom. The molecule has 1 amide bonds. The zero-order valence-electron chi connectivity index (χ0n) is 15.6. The van der Waals surface area contributed by atoms with Crippen LogP contribution in [0.4, 0.5) is 0 Å². The Morgan fingerprint density at radius 2 is 1.97 bits per heavy atom. The number of thioether (sulfide) groups is 1. The summed E-state index contributed by atoms with van der Waals surface area (Å²) in [6.45, 7) is 3.45. The lowest BCUT2D eigenvalue weighted by Gasteiger charge is -2.18. The Kier molecular flexibility index (Phi) is 6.19. The lowest BCUT2D eigenvalue weighted by molar-refractivity contribution is -0.144. The number of carboxylic acid groups (broad SMARTS) is 1. The van der Waals surface area contributed by atoms with Gasteiger partial charge in [-0.3, -0.25) is 9.69 Å². The van der Waals surface area contributed by atoms with E-state index in [-0.39, 0.29) is 4.32 Å². The Balaban J connectivity index is 1.78. The van der Waals surface area contributed by atoms with Crippen molar-refractivity contribution in [3.8, 4) is 11.3 Å². The SMILES string of the molecule is CCOC(=O)c1ccc(-c2ccc(/C=C3\SC(=S)N(C(C)C(=O)O)C3=O)o2)cc1. The first-order chi connectivity index (χ1) is 13.8. The minimum atomic E-state index is -1.13. The van der Waals surface area contributed by atoms with E-state index in [0.717, 1.165) is 22.2 Å². The van der Waals surface area contributed by atoms with Gasteiger partial charge in [0.05, 0.1) is 17.1 Å². The molecule has 9 heteroatoms. The third-order valence-corrected chi connectivity index (χ3v) is 5.48. The molecule has 0 spiro atoms. The lowest BCUT2D eigenvalue weighted by atomic mass is 10.1. The highest BCUT2D eigenvalue weighted by atomic mass is 32.2. The van der Waals surface area contributed by atoms with Crippen molar-refractivity contribution in [2.24, 2.45) is 0 Å². The molecule has 7 nitrogen and oxygen atoms in total. The van der Waals surface area contributed by atoms with Gasteiger partial charge in [0, 0.05) is 11.6 Å². The lowest BCUT2D eigenvalue weighted by Crippen LogP contribution is -2.41. The van der Waals surface area contributed by atoms with Crippen LogP contribution in [0, 0.1) is 0 Å². The Hall–Kier alpha value is -2.91. The number of ether oxygens (including phenoxy) is 1. The number of hydrogen-bond donors (Lipinski definition) is 1. The third-order valence-electron chi connectivity index (χ3n) is 4.15. The topological polar surface area (TPSA) is 97.0 Å². The third kappa shape index (κ3) is 4.41. The van der Waals surface area contributed by atoms with Crippen molar-refractivity contribution in [1.29, 1.82) is 0 Å². The summed E-state index contributed by atoms with van der Waals surface area (Å²) < 4.78 is 10.9. The number of aliphatic carboxylic acids is 1. The number of carbonyl (C=O) groups is 3.